The zero-order valence-corrected chi connectivity index (χ0v) is 12.5. The molecule has 1 aromatic heterocycles. The largest absolute Gasteiger partial charge is 0.363 e. The quantitative estimate of drug-likeness (QED) is 0.900. The summed E-state index contributed by atoms with van der Waals surface area (Å²) in [7, 11) is 2.21. The van der Waals surface area contributed by atoms with E-state index in [0.717, 1.165) is 6.54 Å². The Hall–Kier alpha value is -0.0600. The SMILES string of the molecule is CN(c1cc(Br)cs1)C1CCNC(C)(C)C1. The maximum Gasteiger partial charge on any atom is 0.0920 e. The Morgan fingerprint density at radius 1 is 1.56 bits per heavy atom. The lowest BCUT2D eigenvalue weighted by Gasteiger charge is -2.41. The van der Waals surface area contributed by atoms with E-state index in [1.165, 1.54) is 22.3 Å². The summed E-state index contributed by atoms with van der Waals surface area (Å²) in [5.74, 6) is 0. The van der Waals surface area contributed by atoms with Crippen molar-refractivity contribution in [1.82, 2.24) is 5.32 Å². The van der Waals surface area contributed by atoms with Gasteiger partial charge in [-0.15, -0.1) is 11.3 Å². The molecule has 2 rings (SSSR count). The first-order chi connectivity index (χ1) is 7.48. The predicted molar refractivity (Wildman–Crippen MR) is 75.5 cm³/mol. The first-order valence-electron chi connectivity index (χ1n) is 5.70. The van der Waals surface area contributed by atoms with Crippen molar-refractivity contribution >= 4 is 32.3 Å². The first kappa shape index (κ1) is 12.4. The summed E-state index contributed by atoms with van der Waals surface area (Å²) in [6, 6.07) is 2.86. The summed E-state index contributed by atoms with van der Waals surface area (Å²) in [5.41, 5.74) is 0.270. The lowest BCUT2D eigenvalue weighted by molar-refractivity contribution is 0.272. The van der Waals surface area contributed by atoms with Gasteiger partial charge in [0, 0.05) is 28.5 Å². The van der Waals surface area contributed by atoms with Crippen LogP contribution in [0.25, 0.3) is 0 Å². The van der Waals surface area contributed by atoms with Gasteiger partial charge in [-0.3, -0.25) is 0 Å². The minimum absolute atomic E-state index is 0.270. The molecule has 1 saturated heterocycles. The van der Waals surface area contributed by atoms with Crippen LogP contribution in [0.1, 0.15) is 26.7 Å². The third-order valence-corrected chi connectivity index (χ3v) is 5.06. The summed E-state index contributed by atoms with van der Waals surface area (Å²) in [6.07, 6.45) is 2.44. The van der Waals surface area contributed by atoms with Crippen LogP contribution in [0.4, 0.5) is 5.00 Å². The molecule has 16 heavy (non-hydrogen) atoms. The first-order valence-corrected chi connectivity index (χ1v) is 7.37. The number of piperidine rings is 1. The van der Waals surface area contributed by atoms with Gasteiger partial charge in [0.25, 0.3) is 0 Å². The summed E-state index contributed by atoms with van der Waals surface area (Å²) >= 11 is 5.33. The van der Waals surface area contributed by atoms with Gasteiger partial charge in [0.2, 0.25) is 0 Å². The third kappa shape index (κ3) is 2.79. The van der Waals surface area contributed by atoms with Crippen LogP contribution in [0, 0.1) is 0 Å². The lowest BCUT2D eigenvalue weighted by Crippen LogP contribution is -2.52. The second kappa shape index (κ2) is 4.67. The Morgan fingerprint density at radius 3 is 2.88 bits per heavy atom. The Kier molecular flexibility index (Phi) is 3.62. The zero-order valence-electron chi connectivity index (χ0n) is 10.1. The molecule has 1 atom stereocenters. The molecule has 0 amide bonds. The molecule has 1 aliphatic heterocycles. The van der Waals surface area contributed by atoms with E-state index in [9.17, 15) is 0 Å². The van der Waals surface area contributed by atoms with Gasteiger partial charge in [0.15, 0.2) is 0 Å². The minimum Gasteiger partial charge on any atom is -0.363 e. The van der Waals surface area contributed by atoms with Crippen LogP contribution in [0.2, 0.25) is 0 Å². The van der Waals surface area contributed by atoms with Gasteiger partial charge in [-0.25, -0.2) is 0 Å². The molecule has 2 nitrogen and oxygen atoms in total. The van der Waals surface area contributed by atoms with Gasteiger partial charge >= 0.3 is 0 Å². The molecule has 1 aromatic rings. The van der Waals surface area contributed by atoms with Gasteiger partial charge in [-0.2, -0.15) is 0 Å². The molecule has 2 heterocycles. The van der Waals surface area contributed by atoms with Crippen molar-refractivity contribution in [2.45, 2.75) is 38.3 Å². The van der Waals surface area contributed by atoms with Gasteiger partial charge in [-0.05, 0) is 55.2 Å². The molecule has 0 aromatic carbocycles. The maximum atomic E-state index is 3.57. The van der Waals surface area contributed by atoms with E-state index in [4.69, 9.17) is 0 Å². The molecule has 0 aliphatic carbocycles. The van der Waals surface area contributed by atoms with E-state index < -0.39 is 0 Å². The number of nitrogens with one attached hydrogen (secondary N) is 1. The molecule has 4 heteroatoms. The number of nitrogens with zero attached hydrogens (tertiary/aromatic N) is 1. The number of rotatable bonds is 2. The van der Waals surface area contributed by atoms with Gasteiger partial charge in [-0.1, -0.05) is 0 Å². The molecule has 0 saturated carbocycles. The Morgan fingerprint density at radius 2 is 2.31 bits per heavy atom. The topological polar surface area (TPSA) is 15.3 Å². The predicted octanol–water partition coefficient (Wildman–Crippen LogP) is 3.48. The normalized spacial score (nSPS) is 24.4. The zero-order chi connectivity index (χ0) is 11.8. The lowest BCUT2D eigenvalue weighted by atomic mass is 9.89. The van der Waals surface area contributed by atoms with E-state index in [1.54, 1.807) is 0 Å². The molecule has 0 spiro atoms. The van der Waals surface area contributed by atoms with Gasteiger partial charge in [0.05, 0.1) is 5.00 Å². The maximum absolute atomic E-state index is 3.57. The minimum atomic E-state index is 0.270. The highest BCUT2D eigenvalue weighted by molar-refractivity contribution is 9.10. The van der Waals surface area contributed by atoms with E-state index >= 15 is 0 Å². The Bertz CT molecular complexity index is 362. The van der Waals surface area contributed by atoms with Crippen LogP contribution < -0.4 is 10.2 Å². The van der Waals surface area contributed by atoms with Crippen molar-refractivity contribution in [3.05, 3.63) is 15.9 Å². The molecular formula is C12H19BrN2S. The second-order valence-corrected chi connectivity index (χ2v) is 6.98. The summed E-state index contributed by atoms with van der Waals surface area (Å²) in [5, 5.41) is 7.07. The number of hydrogen-bond acceptors (Lipinski definition) is 3. The summed E-state index contributed by atoms with van der Waals surface area (Å²) < 4.78 is 1.19. The van der Waals surface area contributed by atoms with Crippen molar-refractivity contribution in [1.29, 1.82) is 0 Å². The molecule has 90 valence electrons. The average molecular weight is 303 g/mol. The van der Waals surface area contributed by atoms with E-state index in [0.29, 0.717) is 6.04 Å². The molecule has 1 aliphatic rings. The number of halogens is 1. The highest BCUT2D eigenvalue weighted by atomic mass is 79.9. The second-order valence-electron chi connectivity index (χ2n) is 5.17. The monoisotopic (exact) mass is 302 g/mol. The molecule has 1 N–H and O–H groups in total. The fraction of sp³-hybridized carbons (Fsp3) is 0.667. The van der Waals surface area contributed by atoms with E-state index in [1.807, 2.05) is 11.3 Å². The number of thiophene rings is 1. The van der Waals surface area contributed by atoms with Crippen LogP contribution >= 0.6 is 27.3 Å². The Labute approximate surface area is 110 Å². The smallest absolute Gasteiger partial charge is 0.0920 e. The fourth-order valence-electron chi connectivity index (χ4n) is 2.34. The number of anilines is 1. The molecule has 0 bridgehead atoms. The van der Waals surface area contributed by atoms with Crippen molar-refractivity contribution in [2.75, 3.05) is 18.5 Å². The molecular weight excluding hydrogens is 284 g/mol. The van der Waals surface area contributed by atoms with Crippen molar-refractivity contribution in [3.63, 3.8) is 0 Å². The van der Waals surface area contributed by atoms with Crippen molar-refractivity contribution in [3.8, 4) is 0 Å². The van der Waals surface area contributed by atoms with Gasteiger partial charge in [0.1, 0.15) is 0 Å². The highest BCUT2D eigenvalue weighted by Gasteiger charge is 2.30. The van der Waals surface area contributed by atoms with E-state index in [2.05, 4.69) is 58.5 Å². The van der Waals surface area contributed by atoms with Crippen LogP contribution in [0.5, 0.6) is 0 Å². The van der Waals surface area contributed by atoms with Crippen LogP contribution in [-0.2, 0) is 0 Å². The fourth-order valence-corrected chi connectivity index (χ4v) is 3.80. The molecule has 1 unspecified atom stereocenters. The third-order valence-electron chi connectivity index (χ3n) is 3.28. The summed E-state index contributed by atoms with van der Waals surface area (Å²) in [4.78, 5) is 2.43. The number of hydrogen-bond donors (Lipinski definition) is 1. The molecule has 0 radical (unpaired) electrons. The van der Waals surface area contributed by atoms with Crippen molar-refractivity contribution < 1.29 is 0 Å². The average Bonchev–Trinajstić information content (AvgIpc) is 2.62. The van der Waals surface area contributed by atoms with Gasteiger partial charge < -0.3 is 10.2 Å². The van der Waals surface area contributed by atoms with Crippen LogP contribution in [0.3, 0.4) is 0 Å². The highest BCUT2D eigenvalue weighted by Crippen LogP contribution is 2.32. The van der Waals surface area contributed by atoms with Crippen LogP contribution in [-0.4, -0.2) is 25.2 Å². The van der Waals surface area contributed by atoms with Crippen LogP contribution in [0.15, 0.2) is 15.9 Å². The Balaban J connectivity index is 2.07. The van der Waals surface area contributed by atoms with E-state index in [-0.39, 0.29) is 5.54 Å². The van der Waals surface area contributed by atoms with Crippen molar-refractivity contribution in [2.24, 2.45) is 0 Å². The molecule has 1 fully saturated rings. The summed E-state index contributed by atoms with van der Waals surface area (Å²) in [6.45, 7) is 5.70. The standard InChI is InChI=1S/C12H19BrN2S/c1-12(2)7-10(4-5-14-12)15(3)11-6-9(13)8-16-11/h6,8,10,14H,4-5,7H2,1-3H3.